The summed E-state index contributed by atoms with van der Waals surface area (Å²) in [5.74, 6) is 2.12. The number of methoxy groups -OCH3 is 2. The molecular formula is C25H24N6O3. The molecule has 9 nitrogen and oxygen atoms in total. The van der Waals surface area contributed by atoms with Gasteiger partial charge < -0.3 is 14.3 Å². The summed E-state index contributed by atoms with van der Waals surface area (Å²) in [5, 5.41) is 9.49. The second-order valence-electron chi connectivity index (χ2n) is 7.76. The van der Waals surface area contributed by atoms with E-state index >= 15 is 0 Å². The van der Waals surface area contributed by atoms with Gasteiger partial charge >= 0.3 is 0 Å². The van der Waals surface area contributed by atoms with Crippen LogP contribution in [-0.2, 0) is 11.4 Å². The van der Waals surface area contributed by atoms with Crippen molar-refractivity contribution in [2.24, 2.45) is 5.16 Å². The highest BCUT2D eigenvalue weighted by molar-refractivity contribution is 5.95. The predicted molar refractivity (Wildman–Crippen MR) is 129 cm³/mol. The number of rotatable bonds is 7. The van der Waals surface area contributed by atoms with Crippen LogP contribution in [0.5, 0.6) is 11.5 Å². The van der Waals surface area contributed by atoms with E-state index in [0.29, 0.717) is 5.82 Å². The topological polar surface area (TPSA) is 88.1 Å². The van der Waals surface area contributed by atoms with Gasteiger partial charge in [-0.15, -0.1) is 5.10 Å². The second-order valence-corrected chi connectivity index (χ2v) is 7.76. The van der Waals surface area contributed by atoms with Crippen molar-refractivity contribution in [1.29, 1.82) is 0 Å². The number of fused-ring (bicyclic) bond motifs is 3. The monoisotopic (exact) mass is 456 g/mol. The molecule has 2 aromatic carbocycles. The van der Waals surface area contributed by atoms with E-state index in [1.54, 1.807) is 31.3 Å². The highest BCUT2D eigenvalue weighted by Crippen LogP contribution is 2.30. The van der Waals surface area contributed by atoms with Crippen molar-refractivity contribution >= 4 is 22.9 Å². The quantitative estimate of drug-likeness (QED) is 0.269. The first-order valence-electron chi connectivity index (χ1n) is 10.7. The van der Waals surface area contributed by atoms with Gasteiger partial charge in [-0.25, -0.2) is 14.5 Å². The lowest BCUT2D eigenvalue weighted by Crippen LogP contribution is -1.99. The number of aryl methyl sites for hydroxylation is 1. The highest BCUT2D eigenvalue weighted by Gasteiger charge is 2.19. The van der Waals surface area contributed by atoms with Crippen molar-refractivity contribution < 1.29 is 14.3 Å². The third-order valence-corrected chi connectivity index (χ3v) is 5.79. The molecule has 5 rings (SSSR count). The number of oxime groups is 1. The van der Waals surface area contributed by atoms with Crippen LogP contribution in [0.25, 0.3) is 22.4 Å². The van der Waals surface area contributed by atoms with Gasteiger partial charge in [0.25, 0.3) is 0 Å². The van der Waals surface area contributed by atoms with Gasteiger partial charge in [0.15, 0.2) is 23.7 Å². The Bertz CT molecular complexity index is 1480. The van der Waals surface area contributed by atoms with Crippen LogP contribution in [0.4, 0.5) is 0 Å². The molecule has 0 N–H and O–H groups in total. The van der Waals surface area contributed by atoms with Crippen molar-refractivity contribution in [2.75, 3.05) is 14.2 Å². The first-order valence-corrected chi connectivity index (χ1v) is 10.7. The first-order chi connectivity index (χ1) is 16.6. The van der Waals surface area contributed by atoms with Gasteiger partial charge in [0.05, 0.1) is 25.8 Å². The number of ether oxygens (including phenoxy) is 2. The summed E-state index contributed by atoms with van der Waals surface area (Å²) in [5.41, 5.74) is 5.65. The number of nitrogens with zero attached hydrogens (tertiary/aromatic N) is 6. The maximum absolute atomic E-state index is 5.43. The zero-order valence-corrected chi connectivity index (χ0v) is 19.4. The van der Waals surface area contributed by atoms with Crippen LogP contribution in [0.15, 0.2) is 60.0 Å². The van der Waals surface area contributed by atoms with E-state index < -0.39 is 0 Å². The van der Waals surface area contributed by atoms with E-state index in [9.17, 15) is 0 Å². The Kier molecular flexibility index (Phi) is 5.59. The molecule has 0 radical (unpaired) electrons. The van der Waals surface area contributed by atoms with E-state index in [0.717, 1.165) is 50.7 Å². The van der Waals surface area contributed by atoms with Gasteiger partial charge in [-0.2, -0.15) is 0 Å². The fourth-order valence-electron chi connectivity index (χ4n) is 3.90. The number of hydrogen-bond acceptors (Lipinski definition) is 7. The van der Waals surface area contributed by atoms with Gasteiger partial charge in [0.1, 0.15) is 17.8 Å². The molecule has 34 heavy (non-hydrogen) atoms. The van der Waals surface area contributed by atoms with Crippen LogP contribution in [0.2, 0.25) is 0 Å². The van der Waals surface area contributed by atoms with Crippen LogP contribution in [-0.4, -0.2) is 44.6 Å². The normalized spacial score (nSPS) is 11.5. The maximum Gasteiger partial charge on any atom is 0.192 e. The molecule has 0 atom stereocenters. The lowest BCUT2D eigenvalue weighted by atomic mass is 10.2. The fourth-order valence-corrected chi connectivity index (χ4v) is 3.90. The zero-order valence-electron chi connectivity index (χ0n) is 19.4. The van der Waals surface area contributed by atoms with E-state index in [-0.39, 0.29) is 6.61 Å². The lowest BCUT2D eigenvalue weighted by Gasteiger charge is -2.08. The summed E-state index contributed by atoms with van der Waals surface area (Å²) in [6.07, 6.45) is 3.31. The summed E-state index contributed by atoms with van der Waals surface area (Å²) >= 11 is 0. The molecule has 0 aliphatic rings. The Hall–Kier alpha value is -4.40. The van der Waals surface area contributed by atoms with E-state index in [4.69, 9.17) is 19.3 Å². The Balaban J connectivity index is 1.42. The lowest BCUT2D eigenvalue weighted by molar-refractivity contribution is 0.126. The predicted octanol–water partition coefficient (Wildman–Crippen LogP) is 4.25. The summed E-state index contributed by atoms with van der Waals surface area (Å²) in [6.45, 7) is 4.29. The SMILES string of the molecule is COc1ccc(C=NOCc2nc3c4c(C)c(C)n(-c5ccc(OC)cc5)c4ncn3n2)cc1. The molecule has 0 amide bonds. The molecule has 5 aromatic rings. The summed E-state index contributed by atoms with van der Waals surface area (Å²) in [4.78, 5) is 14.8. The van der Waals surface area contributed by atoms with Gasteiger partial charge in [-0.05, 0) is 73.5 Å². The Morgan fingerprint density at radius 1 is 0.912 bits per heavy atom. The minimum atomic E-state index is 0.146. The molecule has 0 spiro atoms. The fraction of sp³-hybridized carbons (Fsp3) is 0.200. The largest absolute Gasteiger partial charge is 0.497 e. The van der Waals surface area contributed by atoms with Gasteiger partial charge in [0.2, 0.25) is 0 Å². The molecule has 0 aliphatic carbocycles. The highest BCUT2D eigenvalue weighted by atomic mass is 16.6. The summed E-state index contributed by atoms with van der Waals surface area (Å²) in [7, 11) is 3.29. The molecule has 172 valence electrons. The van der Waals surface area contributed by atoms with Crippen LogP contribution >= 0.6 is 0 Å². The summed E-state index contributed by atoms with van der Waals surface area (Å²) in [6, 6.07) is 15.4. The average molecular weight is 457 g/mol. The van der Waals surface area contributed by atoms with Crippen molar-refractivity contribution in [3.63, 3.8) is 0 Å². The zero-order chi connectivity index (χ0) is 23.7. The Labute approximate surface area is 196 Å². The van der Waals surface area contributed by atoms with E-state index in [1.165, 1.54) is 0 Å². The smallest absolute Gasteiger partial charge is 0.192 e. The second kappa shape index (κ2) is 8.86. The van der Waals surface area contributed by atoms with Crippen LogP contribution < -0.4 is 9.47 Å². The number of benzene rings is 2. The summed E-state index contributed by atoms with van der Waals surface area (Å²) < 4.78 is 14.2. The van der Waals surface area contributed by atoms with Gasteiger partial charge in [-0.1, -0.05) is 5.16 Å². The van der Waals surface area contributed by atoms with Crippen LogP contribution in [0.3, 0.4) is 0 Å². The molecule has 3 aromatic heterocycles. The third-order valence-electron chi connectivity index (χ3n) is 5.79. The Morgan fingerprint density at radius 2 is 1.59 bits per heavy atom. The standard InChI is InChI=1S/C25H24N6O3/c1-16-17(2)31(19-7-11-21(33-4)12-8-19)24-23(16)25-28-22(29-30(25)15-26-24)14-34-27-13-18-5-9-20(32-3)10-6-18/h5-13,15H,14H2,1-4H3. The third kappa shape index (κ3) is 3.81. The van der Waals surface area contributed by atoms with Crippen molar-refractivity contribution in [2.45, 2.75) is 20.5 Å². The van der Waals surface area contributed by atoms with E-state index in [2.05, 4.69) is 33.7 Å². The first kappa shape index (κ1) is 21.4. The molecule has 0 bridgehead atoms. The van der Waals surface area contributed by atoms with E-state index in [1.807, 2.05) is 48.5 Å². The molecule has 0 fully saturated rings. The molecule has 0 saturated carbocycles. The average Bonchev–Trinajstić information content (AvgIpc) is 3.40. The molecule has 3 heterocycles. The number of hydrogen-bond donors (Lipinski definition) is 0. The number of aromatic nitrogens is 5. The molecular weight excluding hydrogens is 432 g/mol. The van der Waals surface area contributed by atoms with Crippen LogP contribution in [0.1, 0.15) is 22.6 Å². The Morgan fingerprint density at radius 3 is 2.26 bits per heavy atom. The van der Waals surface area contributed by atoms with Crippen molar-refractivity contribution in [1.82, 2.24) is 24.1 Å². The van der Waals surface area contributed by atoms with Crippen molar-refractivity contribution in [3.8, 4) is 17.2 Å². The molecule has 0 saturated heterocycles. The minimum absolute atomic E-state index is 0.146. The van der Waals surface area contributed by atoms with Gasteiger partial charge in [-0.3, -0.25) is 4.57 Å². The van der Waals surface area contributed by atoms with Crippen molar-refractivity contribution in [3.05, 3.63) is 77.5 Å². The molecule has 0 unspecified atom stereocenters. The molecule has 0 aliphatic heterocycles. The molecule has 9 heteroatoms. The maximum atomic E-state index is 5.43. The van der Waals surface area contributed by atoms with Crippen LogP contribution in [0, 0.1) is 13.8 Å². The minimum Gasteiger partial charge on any atom is -0.497 e. The van der Waals surface area contributed by atoms with Gasteiger partial charge in [0, 0.05) is 11.4 Å².